The average molecular weight is 137 g/mol. The molecular weight excluding hydrogens is 130 g/mol. The highest BCUT2D eigenvalue weighted by Gasteiger charge is 1.94. The van der Waals surface area contributed by atoms with Gasteiger partial charge in [0.2, 0.25) is 0 Å². The number of rotatable bonds is 1. The van der Waals surface area contributed by atoms with Crippen molar-refractivity contribution in [1.29, 1.82) is 0 Å². The van der Waals surface area contributed by atoms with Crippen LogP contribution in [0.2, 0.25) is 0 Å². The van der Waals surface area contributed by atoms with Crippen LogP contribution in [0.5, 0.6) is 0 Å². The van der Waals surface area contributed by atoms with E-state index < -0.39 is 0 Å². The SMILES string of the molecule is C/C(=N\O)c1ccnnc1. The zero-order valence-electron chi connectivity index (χ0n) is 5.52. The van der Waals surface area contributed by atoms with Crippen molar-refractivity contribution in [3.8, 4) is 0 Å². The van der Waals surface area contributed by atoms with Crippen LogP contribution in [0.1, 0.15) is 12.5 Å². The van der Waals surface area contributed by atoms with Crippen LogP contribution in [-0.4, -0.2) is 21.1 Å². The molecule has 0 radical (unpaired) electrons. The van der Waals surface area contributed by atoms with E-state index in [0.717, 1.165) is 5.56 Å². The molecule has 1 heterocycles. The van der Waals surface area contributed by atoms with Gasteiger partial charge in [0.15, 0.2) is 0 Å². The molecule has 0 spiro atoms. The van der Waals surface area contributed by atoms with Crippen molar-refractivity contribution in [3.05, 3.63) is 24.0 Å². The molecule has 4 nitrogen and oxygen atoms in total. The van der Waals surface area contributed by atoms with Gasteiger partial charge >= 0.3 is 0 Å². The number of oxime groups is 1. The first kappa shape index (κ1) is 6.67. The zero-order valence-corrected chi connectivity index (χ0v) is 5.52. The molecule has 0 saturated carbocycles. The van der Waals surface area contributed by atoms with Gasteiger partial charge in [0, 0.05) is 5.56 Å². The molecule has 0 aromatic carbocycles. The van der Waals surface area contributed by atoms with Crippen molar-refractivity contribution in [3.63, 3.8) is 0 Å². The summed E-state index contributed by atoms with van der Waals surface area (Å²) in [7, 11) is 0. The molecule has 0 saturated heterocycles. The number of hydrogen-bond acceptors (Lipinski definition) is 4. The minimum Gasteiger partial charge on any atom is -0.411 e. The zero-order chi connectivity index (χ0) is 7.40. The second kappa shape index (κ2) is 2.91. The van der Waals surface area contributed by atoms with Crippen LogP contribution in [0, 0.1) is 0 Å². The van der Waals surface area contributed by atoms with Gasteiger partial charge in [-0.25, -0.2) is 0 Å². The molecule has 0 atom stereocenters. The normalized spacial score (nSPS) is 11.5. The van der Waals surface area contributed by atoms with Gasteiger partial charge in [-0.05, 0) is 13.0 Å². The summed E-state index contributed by atoms with van der Waals surface area (Å²) in [5.41, 5.74) is 1.31. The molecular formula is C6H7N3O. The van der Waals surface area contributed by atoms with Crippen molar-refractivity contribution in [2.75, 3.05) is 0 Å². The minimum atomic E-state index is 0.537. The van der Waals surface area contributed by atoms with Crippen LogP contribution in [0.25, 0.3) is 0 Å². The third kappa shape index (κ3) is 1.28. The maximum atomic E-state index is 8.33. The molecule has 1 rings (SSSR count). The van der Waals surface area contributed by atoms with Crippen LogP contribution in [0.15, 0.2) is 23.6 Å². The highest BCUT2D eigenvalue weighted by molar-refractivity contribution is 5.97. The third-order valence-corrected chi connectivity index (χ3v) is 1.15. The molecule has 52 valence electrons. The molecule has 0 unspecified atom stereocenters. The van der Waals surface area contributed by atoms with Gasteiger partial charge in [-0.1, -0.05) is 5.16 Å². The van der Waals surface area contributed by atoms with Gasteiger partial charge in [0.05, 0.1) is 18.1 Å². The molecule has 0 aliphatic heterocycles. The van der Waals surface area contributed by atoms with Crippen molar-refractivity contribution in [1.82, 2.24) is 10.2 Å². The first-order valence-electron chi connectivity index (χ1n) is 2.80. The topological polar surface area (TPSA) is 58.4 Å². The summed E-state index contributed by atoms with van der Waals surface area (Å²) >= 11 is 0. The molecule has 1 aromatic rings. The molecule has 0 aliphatic carbocycles. The Morgan fingerprint density at radius 2 is 2.40 bits per heavy atom. The monoisotopic (exact) mass is 137 g/mol. The molecule has 4 heteroatoms. The Morgan fingerprint density at radius 3 is 2.90 bits per heavy atom. The summed E-state index contributed by atoms with van der Waals surface area (Å²) in [5, 5.41) is 18.5. The Morgan fingerprint density at radius 1 is 1.60 bits per heavy atom. The van der Waals surface area contributed by atoms with E-state index in [4.69, 9.17) is 5.21 Å². The van der Waals surface area contributed by atoms with E-state index in [0.29, 0.717) is 5.71 Å². The lowest BCUT2D eigenvalue weighted by Crippen LogP contribution is -1.95. The standard InChI is InChI=1S/C6H7N3O/c1-5(9-10)6-2-3-7-8-4-6/h2-4,10H,1H3/b9-5+. The van der Waals surface area contributed by atoms with Crippen LogP contribution < -0.4 is 0 Å². The Balaban J connectivity index is 2.96. The van der Waals surface area contributed by atoms with Crippen molar-refractivity contribution < 1.29 is 5.21 Å². The fraction of sp³-hybridized carbons (Fsp3) is 0.167. The predicted octanol–water partition coefficient (Wildman–Crippen LogP) is 0.675. The van der Waals surface area contributed by atoms with Gasteiger partial charge in [-0.3, -0.25) is 0 Å². The molecule has 1 N–H and O–H groups in total. The van der Waals surface area contributed by atoms with Gasteiger partial charge in [-0.2, -0.15) is 10.2 Å². The van der Waals surface area contributed by atoms with E-state index in [9.17, 15) is 0 Å². The van der Waals surface area contributed by atoms with Crippen molar-refractivity contribution in [2.45, 2.75) is 6.92 Å². The molecule has 0 amide bonds. The molecule has 0 fully saturated rings. The lowest BCUT2D eigenvalue weighted by molar-refractivity contribution is 0.319. The quantitative estimate of drug-likeness (QED) is 0.351. The molecule has 10 heavy (non-hydrogen) atoms. The van der Waals surface area contributed by atoms with Crippen molar-refractivity contribution >= 4 is 5.71 Å². The Kier molecular flexibility index (Phi) is 1.94. The van der Waals surface area contributed by atoms with E-state index in [-0.39, 0.29) is 0 Å². The van der Waals surface area contributed by atoms with E-state index in [1.54, 1.807) is 19.2 Å². The second-order valence-corrected chi connectivity index (χ2v) is 1.82. The van der Waals surface area contributed by atoms with Crippen molar-refractivity contribution in [2.24, 2.45) is 5.16 Å². The highest BCUT2D eigenvalue weighted by Crippen LogP contribution is 1.94. The van der Waals surface area contributed by atoms with Gasteiger partial charge in [0.1, 0.15) is 0 Å². The van der Waals surface area contributed by atoms with Gasteiger partial charge in [-0.15, -0.1) is 0 Å². The number of nitrogens with zero attached hydrogens (tertiary/aromatic N) is 3. The highest BCUT2D eigenvalue weighted by atomic mass is 16.4. The maximum absolute atomic E-state index is 8.33. The van der Waals surface area contributed by atoms with Crippen LogP contribution in [-0.2, 0) is 0 Å². The summed E-state index contributed by atoms with van der Waals surface area (Å²) in [6, 6.07) is 1.72. The third-order valence-electron chi connectivity index (χ3n) is 1.15. The number of hydrogen-bond donors (Lipinski definition) is 1. The summed E-state index contributed by atoms with van der Waals surface area (Å²) in [6.45, 7) is 1.69. The first-order chi connectivity index (χ1) is 4.84. The fourth-order valence-electron chi connectivity index (χ4n) is 0.562. The Bertz CT molecular complexity index is 232. The first-order valence-corrected chi connectivity index (χ1v) is 2.80. The van der Waals surface area contributed by atoms with E-state index in [2.05, 4.69) is 15.4 Å². The lowest BCUT2D eigenvalue weighted by atomic mass is 10.2. The van der Waals surface area contributed by atoms with Crippen LogP contribution >= 0.6 is 0 Å². The largest absolute Gasteiger partial charge is 0.411 e. The fourth-order valence-corrected chi connectivity index (χ4v) is 0.562. The molecule has 0 bridgehead atoms. The Labute approximate surface area is 58.2 Å². The van der Waals surface area contributed by atoms with E-state index >= 15 is 0 Å². The van der Waals surface area contributed by atoms with Gasteiger partial charge in [0.25, 0.3) is 0 Å². The average Bonchev–Trinajstić information content (AvgIpc) is 2.05. The predicted molar refractivity (Wildman–Crippen MR) is 36.0 cm³/mol. The summed E-state index contributed by atoms with van der Waals surface area (Å²) in [4.78, 5) is 0. The molecule has 1 aromatic heterocycles. The second-order valence-electron chi connectivity index (χ2n) is 1.82. The van der Waals surface area contributed by atoms with E-state index in [1.165, 1.54) is 6.20 Å². The lowest BCUT2D eigenvalue weighted by Gasteiger charge is -1.92. The van der Waals surface area contributed by atoms with E-state index in [1.807, 2.05) is 0 Å². The smallest absolute Gasteiger partial charge is 0.0853 e. The van der Waals surface area contributed by atoms with Crippen LogP contribution in [0.3, 0.4) is 0 Å². The maximum Gasteiger partial charge on any atom is 0.0853 e. The number of aromatic nitrogens is 2. The van der Waals surface area contributed by atoms with Crippen LogP contribution in [0.4, 0.5) is 0 Å². The van der Waals surface area contributed by atoms with Gasteiger partial charge < -0.3 is 5.21 Å². The minimum absolute atomic E-state index is 0.537. The Hall–Kier alpha value is -1.45. The summed E-state index contributed by atoms with van der Waals surface area (Å²) in [5.74, 6) is 0. The summed E-state index contributed by atoms with van der Waals surface area (Å²) < 4.78 is 0. The summed E-state index contributed by atoms with van der Waals surface area (Å²) in [6.07, 6.45) is 3.08. The molecule has 0 aliphatic rings.